The average molecular weight is 307 g/mol. The number of halogens is 2. The molecule has 0 saturated heterocycles. The first-order valence-corrected chi connectivity index (χ1v) is 6.42. The smallest absolute Gasteiger partial charge is 0.0558 e. The first-order chi connectivity index (χ1) is 7.52. The van der Waals surface area contributed by atoms with E-state index in [1.165, 1.54) is 0 Å². The summed E-state index contributed by atoms with van der Waals surface area (Å²) < 4.78 is 6.17. The van der Waals surface area contributed by atoms with E-state index in [0.29, 0.717) is 0 Å². The summed E-state index contributed by atoms with van der Waals surface area (Å²) >= 11 is 9.51. The molecule has 0 aliphatic heterocycles. The molecule has 0 fully saturated rings. The van der Waals surface area contributed by atoms with E-state index in [4.69, 9.17) is 22.1 Å². The normalized spacial score (nSPS) is 14.8. The van der Waals surface area contributed by atoms with Gasteiger partial charge < -0.3 is 10.5 Å². The molecule has 0 aliphatic carbocycles. The molecule has 16 heavy (non-hydrogen) atoms. The van der Waals surface area contributed by atoms with Gasteiger partial charge in [0.1, 0.15) is 0 Å². The Hall–Kier alpha value is -0.0900. The zero-order chi connectivity index (χ0) is 12.1. The number of nitrogens with two attached hydrogens (primary N) is 1. The molecule has 2 atom stereocenters. The minimum Gasteiger partial charge on any atom is -0.382 e. The van der Waals surface area contributed by atoms with Gasteiger partial charge in [0.05, 0.1) is 6.10 Å². The molecule has 1 aromatic rings. The fourth-order valence-corrected chi connectivity index (χ4v) is 2.33. The van der Waals surface area contributed by atoms with Crippen LogP contribution in [0.25, 0.3) is 0 Å². The monoisotopic (exact) mass is 305 g/mol. The summed E-state index contributed by atoms with van der Waals surface area (Å²) in [6.45, 7) is 2.02. The molecular formula is C12H17BrClNO. The van der Waals surface area contributed by atoms with E-state index in [-0.39, 0.29) is 12.1 Å². The number of methoxy groups -OCH3 is 1. The highest BCUT2D eigenvalue weighted by Gasteiger charge is 2.11. The summed E-state index contributed by atoms with van der Waals surface area (Å²) in [6, 6.07) is 5.95. The van der Waals surface area contributed by atoms with Gasteiger partial charge >= 0.3 is 0 Å². The quantitative estimate of drug-likeness (QED) is 0.905. The maximum Gasteiger partial charge on any atom is 0.0558 e. The molecule has 0 bridgehead atoms. The molecule has 1 rings (SSSR count). The molecule has 0 amide bonds. The highest BCUT2D eigenvalue weighted by Crippen LogP contribution is 2.22. The molecule has 2 unspecified atom stereocenters. The first-order valence-electron chi connectivity index (χ1n) is 5.25. The van der Waals surface area contributed by atoms with E-state index in [9.17, 15) is 0 Å². The van der Waals surface area contributed by atoms with Crippen LogP contribution in [0.3, 0.4) is 0 Å². The van der Waals surface area contributed by atoms with Crippen molar-refractivity contribution >= 4 is 27.5 Å². The molecule has 0 spiro atoms. The third-order valence-corrected chi connectivity index (χ3v) is 3.38. The van der Waals surface area contributed by atoms with Crippen molar-refractivity contribution in [2.24, 2.45) is 5.73 Å². The molecule has 0 aliphatic rings. The lowest BCUT2D eigenvalue weighted by Crippen LogP contribution is -2.28. The Balaban J connectivity index is 2.59. The van der Waals surface area contributed by atoms with Gasteiger partial charge in [-0.15, -0.1) is 0 Å². The molecule has 90 valence electrons. The number of benzene rings is 1. The van der Waals surface area contributed by atoms with Gasteiger partial charge in [0, 0.05) is 22.6 Å². The van der Waals surface area contributed by atoms with E-state index in [1.807, 2.05) is 25.1 Å². The molecule has 2 nitrogen and oxygen atoms in total. The first kappa shape index (κ1) is 14.0. The van der Waals surface area contributed by atoms with Crippen LogP contribution < -0.4 is 5.73 Å². The molecule has 0 heterocycles. The second kappa shape index (κ2) is 6.60. The zero-order valence-electron chi connectivity index (χ0n) is 9.54. The Kier molecular flexibility index (Phi) is 5.76. The van der Waals surface area contributed by atoms with Crippen LogP contribution in [-0.2, 0) is 11.2 Å². The predicted molar refractivity (Wildman–Crippen MR) is 71.9 cm³/mol. The van der Waals surface area contributed by atoms with Gasteiger partial charge in [0.25, 0.3) is 0 Å². The minimum absolute atomic E-state index is 0.0774. The molecule has 4 heteroatoms. The highest BCUT2D eigenvalue weighted by molar-refractivity contribution is 9.10. The Morgan fingerprint density at radius 2 is 2.19 bits per heavy atom. The van der Waals surface area contributed by atoms with Gasteiger partial charge in [-0.25, -0.2) is 0 Å². The Morgan fingerprint density at radius 3 is 2.75 bits per heavy atom. The number of ether oxygens (including phenoxy) is 1. The molecule has 1 aromatic carbocycles. The van der Waals surface area contributed by atoms with Crippen LogP contribution in [-0.4, -0.2) is 19.3 Å². The lowest BCUT2D eigenvalue weighted by atomic mass is 10.0. The number of rotatable bonds is 5. The second-order valence-corrected chi connectivity index (χ2v) is 5.30. The summed E-state index contributed by atoms with van der Waals surface area (Å²) in [5.41, 5.74) is 7.12. The van der Waals surface area contributed by atoms with E-state index in [0.717, 1.165) is 27.9 Å². The number of hydrogen-bond acceptors (Lipinski definition) is 2. The topological polar surface area (TPSA) is 35.2 Å². The van der Waals surface area contributed by atoms with E-state index >= 15 is 0 Å². The van der Waals surface area contributed by atoms with Crippen molar-refractivity contribution in [1.82, 2.24) is 0 Å². The van der Waals surface area contributed by atoms with Crippen LogP contribution in [0.1, 0.15) is 18.9 Å². The highest BCUT2D eigenvalue weighted by atomic mass is 79.9. The molecule has 0 saturated carbocycles. The van der Waals surface area contributed by atoms with Crippen molar-refractivity contribution in [2.75, 3.05) is 7.11 Å². The van der Waals surface area contributed by atoms with Crippen LogP contribution in [0, 0.1) is 0 Å². The van der Waals surface area contributed by atoms with E-state index in [2.05, 4.69) is 15.9 Å². The van der Waals surface area contributed by atoms with Gasteiger partial charge in [-0.1, -0.05) is 33.6 Å². The minimum atomic E-state index is 0.0774. The Labute approximate surface area is 110 Å². The maximum absolute atomic E-state index is 6.13. The van der Waals surface area contributed by atoms with Crippen molar-refractivity contribution in [3.8, 4) is 0 Å². The molecular weight excluding hydrogens is 289 g/mol. The largest absolute Gasteiger partial charge is 0.382 e. The zero-order valence-corrected chi connectivity index (χ0v) is 11.9. The van der Waals surface area contributed by atoms with Crippen LogP contribution in [0.15, 0.2) is 22.7 Å². The van der Waals surface area contributed by atoms with Crippen LogP contribution in [0.5, 0.6) is 0 Å². The molecule has 0 aromatic heterocycles. The van der Waals surface area contributed by atoms with Crippen molar-refractivity contribution in [3.05, 3.63) is 33.3 Å². The third kappa shape index (κ3) is 4.42. The van der Waals surface area contributed by atoms with Crippen molar-refractivity contribution in [1.29, 1.82) is 0 Å². The molecule has 2 N–H and O–H groups in total. The number of hydrogen-bond donors (Lipinski definition) is 1. The molecule has 0 radical (unpaired) electrons. The summed E-state index contributed by atoms with van der Waals surface area (Å²) in [7, 11) is 1.70. The maximum atomic E-state index is 6.13. The fourth-order valence-electron chi connectivity index (χ4n) is 1.58. The van der Waals surface area contributed by atoms with Crippen molar-refractivity contribution in [3.63, 3.8) is 0 Å². The van der Waals surface area contributed by atoms with E-state index in [1.54, 1.807) is 7.11 Å². The SMILES string of the molecule is COC(C)CC(N)Cc1ccc(Br)cc1Cl. The fraction of sp³-hybridized carbons (Fsp3) is 0.500. The second-order valence-electron chi connectivity index (χ2n) is 3.98. The van der Waals surface area contributed by atoms with Crippen LogP contribution >= 0.6 is 27.5 Å². The van der Waals surface area contributed by atoms with Crippen LogP contribution in [0.4, 0.5) is 0 Å². The lowest BCUT2D eigenvalue weighted by Gasteiger charge is -2.16. The Bertz CT molecular complexity index is 346. The summed E-state index contributed by atoms with van der Waals surface area (Å²) in [5.74, 6) is 0. The summed E-state index contributed by atoms with van der Waals surface area (Å²) in [4.78, 5) is 0. The van der Waals surface area contributed by atoms with Gasteiger partial charge in [0.15, 0.2) is 0 Å². The van der Waals surface area contributed by atoms with Crippen molar-refractivity contribution < 1.29 is 4.74 Å². The van der Waals surface area contributed by atoms with Gasteiger partial charge in [-0.3, -0.25) is 0 Å². The van der Waals surface area contributed by atoms with E-state index < -0.39 is 0 Å². The van der Waals surface area contributed by atoms with Gasteiger partial charge in [-0.05, 0) is 37.5 Å². The van der Waals surface area contributed by atoms with Crippen LogP contribution in [0.2, 0.25) is 5.02 Å². The van der Waals surface area contributed by atoms with Gasteiger partial charge in [-0.2, -0.15) is 0 Å². The lowest BCUT2D eigenvalue weighted by molar-refractivity contribution is 0.104. The summed E-state index contributed by atoms with van der Waals surface area (Å²) in [6.07, 6.45) is 1.80. The van der Waals surface area contributed by atoms with Crippen molar-refractivity contribution in [2.45, 2.75) is 31.9 Å². The van der Waals surface area contributed by atoms with Gasteiger partial charge in [0.2, 0.25) is 0 Å². The third-order valence-electron chi connectivity index (χ3n) is 2.53. The standard InChI is InChI=1S/C12H17BrClNO/c1-8(16-2)5-11(15)6-9-3-4-10(13)7-12(9)14/h3-4,7-8,11H,5-6,15H2,1-2H3. The average Bonchev–Trinajstić information content (AvgIpc) is 2.22. The predicted octanol–water partition coefficient (Wildman–Crippen LogP) is 3.40. The summed E-state index contributed by atoms with van der Waals surface area (Å²) in [5, 5.41) is 0.759. The Morgan fingerprint density at radius 1 is 1.50 bits per heavy atom.